The SMILES string of the molecule is NCCC1CCN(S(=O)(=O)C(F)F)CC1. The fraction of sp³-hybridized carbons (Fsp3) is 1.00. The van der Waals surface area contributed by atoms with E-state index in [9.17, 15) is 17.2 Å². The first-order valence-electron chi connectivity index (χ1n) is 4.95. The first-order chi connectivity index (χ1) is 6.98. The van der Waals surface area contributed by atoms with Gasteiger partial charge in [-0.05, 0) is 31.7 Å². The number of hydrogen-bond donors (Lipinski definition) is 1. The van der Waals surface area contributed by atoms with Crippen molar-refractivity contribution in [3.05, 3.63) is 0 Å². The average Bonchev–Trinajstić information content (AvgIpc) is 2.19. The zero-order valence-electron chi connectivity index (χ0n) is 8.40. The van der Waals surface area contributed by atoms with Gasteiger partial charge in [-0.2, -0.15) is 13.1 Å². The quantitative estimate of drug-likeness (QED) is 0.785. The fourth-order valence-electron chi connectivity index (χ4n) is 1.80. The van der Waals surface area contributed by atoms with Crippen LogP contribution in [-0.2, 0) is 10.0 Å². The summed E-state index contributed by atoms with van der Waals surface area (Å²) in [4.78, 5) is 0. The van der Waals surface area contributed by atoms with Gasteiger partial charge in [0.05, 0.1) is 0 Å². The van der Waals surface area contributed by atoms with E-state index in [0.717, 1.165) is 10.7 Å². The van der Waals surface area contributed by atoms with E-state index in [1.807, 2.05) is 0 Å². The Morgan fingerprint density at radius 1 is 1.33 bits per heavy atom. The first kappa shape index (κ1) is 12.8. The number of nitrogens with zero attached hydrogens (tertiary/aromatic N) is 1. The van der Waals surface area contributed by atoms with Gasteiger partial charge >= 0.3 is 5.76 Å². The molecule has 1 aliphatic rings. The van der Waals surface area contributed by atoms with Crippen molar-refractivity contribution >= 4 is 10.0 Å². The summed E-state index contributed by atoms with van der Waals surface area (Å²) in [5.74, 6) is -2.93. The van der Waals surface area contributed by atoms with Crippen LogP contribution >= 0.6 is 0 Å². The summed E-state index contributed by atoms with van der Waals surface area (Å²) >= 11 is 0. The Morgan fingerprint density at radius 2 is 1.87 bits per heavy atom. The molecule has 1 heterocycles. The highest BCUT2D eigenvalue weighted by Gasteiger charge is 2.34. The minimum absolute atomic E-state index is 0.192. The largest absolute Gasteiger partial charge is 0.350 e. The Hall–Kier alpha value is -0.270. The molecule has 0 atom stereocenters. The summed E-state index contributed by atoms with van der Waals surface area (Å²) in [6.45, 7) is 0.945. The van der Waals surface area contributed by atoms with E-state index in [1.54, 1.807) is 0 Å². The molecule has 0 aromatic rings. The van der Waals surface area contributed by atoms with Gasteiger partial charge in [-0.25, -0.2) is 8.42 Å². The second-order valence-electron chi connectivity index (χ2n) is 3.73. The molecular weight excluding hydrogens is 226 g/mol. The second-order valence-corrected chi connectivity index (χ2v) is 5.63. The highest BCUT2D eigenvalue weighted by molar-refractivity contribution is 7.89. The van der Waals surface area contributed by atoms with Crippen LogP contribution in [0.1, 0.15) is 19.3 Å². The van der Waals surface area contributed by atoms with E-state index >= 15 is 0 Å². The van der Waals surface area contributed by atoms with Gasteiger partial charge in [0.15, 0.2) is 0 Å². The molecule has 1 fully saturated rings. The van der Waals surface area contributed by atoms with Crippen molar-refractivity contribution in [1.82, 2.24) is 4.31 Å². The molecule has 1 rings (SSSR count). The van der Waals surface area contributed by atoms with Gasteiger partial charge in [-0.1, -0.05) is 0 Å². The number of piperidine rings is 1. The first-order valence-corrected chi connectivity index (χ1v) is 6.46. The van der Waals surface area contributed by atoms with E-state index in [-0.39, 0.29) is 13.1 Å². The van der Waals surface area contributed by atoms with Crippen molar-refractivity contribution in [2.75, 3.05) is 19.6 Å². The summed E-state index contributed by atoms with van der Waals surface area (Å²) in [7, 11) is -4.37. The summed E-state index contributed by atoms with van der Waals surface area (Å²) in [5.41, 5.74) is 5.38. The minimum Gasteiger partial charge on any atom is -0.330 e. The van der Waals surface area contributed by atoms with Crippen molar-refractivity contribution in [2.45, 2.75) is 25.0 Å². The topological polar surface area (TPSA) is 63.4 Å². The van der Waals surface area contributed by atoms with Crippen molar-refractivity contribution in [3.8, 4) is 0 Å². The van der Waals surface area contributed by atoms with Crippen molar-refractivity contribution in [2.24, 2.45) is 11.7 Å². The molecule has 2 N–H and O–H groups in total. The molecule has 0 bridgehead atoms. The molecule has 7 heteroatoms. The predicted molar refractivity (Wildman–Crippen MR) is 52.9 cm³/mol. The smallest absolute Gasteiger partial charge is 0.330 e. The molecule has 1 aliphatic heterocycles. The molecular formula is C8H16F2N2O2S. The lowest BCUT2D eigenvalue weighted by molar-refractivity contribution is 0.202. The maximum atomic E-state index is 12.2. The van der Waals surface area contributed by atoms with E-state index in [4.69, 9.17) is 5.73 Å². The number of alkyl halides is 2. The summed E-state index contributed by atoms with van der Waals surface area (Å²) in [5, 5.41) is 0. The van der Waals surface area contributed by atoms with Crippen molar-refractivity contribution in [1.29, 1.82) is 0 Å². The summed E-state index contributed by atoms with van der Waals surface area (Å²) in [6.07, 6.45) is 2.09. The minimum atomic E-state index is -4.37. The monoisotopic (exact) mass is 242 g/mol. The van der Waals surface area contributed by atoms with E-state index < -0.39 is 15.8 Å². The predicted octanol–water partition coefficient (Wildman–Crippen LogP) is 0.600. The fourth-order valence-corrected chi connectivity index (χ4v) is 2.75. The molecule has 0 aromatic carbocycles. The highest BCUT2D eigenvalue weighted by atomic mass is 32.2. The van der Waals surface area contributed by atoms with E-state index in [2.05, 4.69) is 0 Å². The zero-order chi connectivity index (χ0) is 11.5. The zero-order valence-corrected chi connectivity index (χ0v) is 9.22. The normalized spacial score (nSPS) is 21.1. The number of halogens is 2. The van der Waals surface area contributed by atoms with Crippen molar-refractivity contribution in [3.63, 3.8) is 0 Å². The van der Waals surface area contributed by atoms with Gasteiger partial charge in [0.2, 0.25) is 0 Å². The van der Waals surface area contributed by atoms with Gasteiger partial charge in [-0.15, -0.1) is 0 Å². The number of nitrogens with two attached hydrogens (primary N) is 1. The van der Waals surface area contributed by atoms with Crippen LogP contribution in [0.2, 0.25) is 0 Å². The molecule has 0 unspecified atom stereocenters. The second kappa shape index (κ2) is 5.18. The molecule has 0 aliphatic carbocycles. The Labute approximate surface area is 88.5 Å². The highest BCUT2D eigenvalue weighted by Crippen LogP contribution is 2.23. The molecule has 0 saturated carbocycles. The lowest BCUT2D eigenvalue weighted by atomic mass is 9.95. The molecule has 0 spiro atoms. The molecule has 15 heavy (non-hydrogen) atoms. The summed E-state index contributed by atoms with van der Waals surface area (Å²) < 4.78 is 47.5. The maximum Gasteiger partial charge on any atom is 0.350 e. The Balaban J connectivity index is 2.51. The summed E-state index contributed by atoms with van der Waals surface area (Å²) in [6, 6.07) is 0. The van der Waals surface area contributed by atoms with Gasteiger partial charge in [0.1, 0.15) is 0 Å². The van der Waals surface area contributed by atoms with Crippen molar-refractivity contribution < 1.29 is 17.2 Å². The third-order valence-electron chi connectivity index (χ3n) is 2.73. The van der Waals surface area contributed by atoms with Gasteiger partial charge in [-0.3, -0.25) is 0 Å². The lowest BCUT2D eigenvalue weighted by Crippen LogP contribution is -2.41. The third-order valence-corrected chi connectivity index (χ3v) is 4.27. The molecule has 1 saturated heterocycles. The molecule has 4 nitrogen and oxygen atoms in total. The van der Waals surface area contributed by atoms with Crippen LogP contribution in [0.15, 0.2) is 0 Å². The molecule has 0 radical (unpaired) electrons. The number of rotatable bonds is 4. The maximum absolute atomic E-state index is 12.2. The third kappa shape index (κ3) is 3.09. The standard InChI is InChI=1S/C8H16F2N2O2S/c9-8(10)15(13,14)12-5-2-7(1-4-11)3-6-12/h7-8H,1-6,11H2. The van der Waals surface area contributed by atoms with Crippen LogP contribution < -0.4 is 5.73 Å². The van der Waals surface area contributed by atoms with Crippen LogP contribution in [0.5, 0.6) is 0 Å². The average molecular weight is 242 g/mol. The molecule has 0 aromatic heterocycles. The van der Waals surface area contributed by atoms with E-state index in [0.29, 0.717) is 25.3 Å². The van der Waals surface area contributed by atoms with Gasteiger partial charge in [0, 0.05) is 13.1 Å². The lowest BCUT2D eigenvalue weighted by Gasteiger charge is -2.30. The molecule has 0 amide bonds. The Morgan fingerprint density at radius 3 is 2.27 bits per heavy atom. The van der Waals surface area contributed by atoms with Crippen LogP contribution in [0.25, 0.3) is 0 Å². The van der Waals surface area contributed by atoms with Gasteiger partial charge in [0.25, 0.3) is 10.0 Å². The number of sulfonamides is 1. The number of hydrogen-bond acceptors (Lipinski definition) is 3. The Kier molecular flexibility index (Phi) is 4.42. The van der Waals surface area contributed by atoms with Crippen LogP contribution in [-0.4, -0.2) is 38.1 Å². The van der Waals surface area contributed by atoms with Crippen LogP contribution in [0.4, 0.5) is 8.78 Å². The van der Waals surface area contributed by atoms with Gasteiger partial charge < -0.3 is 5.73 Å². The van der Waals surface area contributed by atoms with Crippen LogP contribution in [0, 0.1) is 5.92 Å². The molecule has 90 valence electrons. The van der Waals surface area contributed by atoms with E-state index in [1.165, 1.54) is 0 Å². The van der Waals surface area contributed by atoms with Crippen LogP contribution in [0.3, 0.4) is 0 Å². The Bertz CT molecular complexity index is 287.